The van der Waals surface area contributed by atoms with Crippen molar-refractivity contribution in [3.63, 3.8) is 0 Å². The van der Waals surface area contributed by atoms with Gasteiger partial charge < -0.3 is 19.9 Å². The third kappa shape index (κ3) is 7.47. The van der Waals surface area contributed by atoms with E-state index in [1.807, 2.05) is 13.8 Å². The number of hydrogen-bond donors (Lipinski definition) is 2. The van der Waals surface area contributed by atoms with Crippen LogP contribution in [0.5, 0.6) is 5.75 Å². The van der Waals surface area contributed by atoms with Gasteiger partial charge in [-0.25, -0.2) is 9.59 Å². The van der Waals surface area contributed by atoms with E-state index in [1.54, 1.807) is 14.0 Å². The van der Waals surface area contributed by atoms with E-state index in [2.05, 4.69) is 18.3 Å². The van der Waals surface area contributed by atoms with Crippen LogP contribution in [0.3, 0.4) is 0 Å². The number of carbonyl (C=O) groups is 3. The second-order valence-electron chi connectivity index (χ2n) is 8.92. The van der Waals surface area contributed by atoms with E-state index in [4.69, 9.17) is 19.9 Å². The highest BCUT2D eigenvalue weighted by atomic mass is 16.6. The molecule has 35 heavy (non-hydrogen) atoms. The Morgan fingerprint density at radius 1 is 1.11 bits per heavy atom. The number of allylic oxidation sites excluding steroid dienone is 2. The molecule has 2 amide bonds. The largest absolute Gasteiger partial charge is 0.496 e. The number of esters is 2. The van der Waals surface area contributed by atoms with Crippen LogP contribution < -0.4 is 15.8 Å². The van der Waals surface area contributed by atoms with Crippen LogP contribution in [0.15, 0.2) is 11.6 Å². The van der Waals surface area contributed by atoms with Crippen LogP contribution in [0.25, 0.3) is 0 Å². The summed E-state index contributed by atoms with van der Waals surface area (Å²) in [5.74, 6) is 0.00311. The van der Waals surface area contributed by atoms with Crippen LogP contribution in [-0.4, -0.2) is 31.7 Å². The molecule has 1 aromatic rings. The maximum absolute atomic E-state index is 13.0. The lowest BCUT2D eigenvalue weighted by atomic mass is 9.86. The van der Waals surface area contributed by atoms with Gasteiger partial charge in [0.15, 0.2) is 0 Å². The highest BCUT2D eigenvalue weighted by Crippen LogP contribution is 2.42. The number of nitrogens with two attached hydrogens (primary N) is 1. The first-order valence-corrected chi connectivity index (χ1v) is 12.5. The number of nitrogens with one attached hydrogen (secondary N) is 1. The molecule has 194 valence electrons. The van der Waals surface area contributed by atoms with Crippen molar-refractivity contribution in [2.24, 2.45) is 5.73 Å². The van der Waals surface area contributed by atoms with Crippen molar-refractivity contribution in [3.8, 4) is 5.75 Å². The van der Waals surface area contributed by atoms with Gasteiger partial charge in [0.1, 0.15) is 5.75 Å². The number of methoxy groups -OCH3 is 1. The van der Waals surface area contributed by atoms with Crippen LogP contribution >= 0.6 is 0 Å². The van der Waals surface area contributed by atoms with E-state index in [0.29, 0.717) is 49.2 Å². The number of cyclic esters (lactones) is 1. The first kappa shape index (κ1) is 28.2. The molecule has 0 bridgehead atoms. The molecule has 1 aliphatic heterocycles. The van der Waals surface area contributed by atoms with E-state index in [0.717, 1.165) is 47.9 Å². The Labute approximate surface area is 208 Å². The minimum absolute atomic E-state index is 0.213. The molecule has 1 aliphatic rings. The molecular formula is C27H40N2O6. The number of carbonyl (C=O) groups excluding carboxylic acids is 3. The molecular weight excluding hydrogens is 448 g/mol. The first-order chi connectivity index (χ1) is 16.7. The molecule has 1 atom stereocenters. The lowest BCUT2D eigenvalue weighted by Crippen LogP contribution is -2.33. The van der Waals surface area contributed by atoms with E-state index in [-0.39, 0.29) is 5.97 Å². The monoisotopic (exact) mass is 488 g/mol. The summed E-state index contributed by atoms with van der Waals surface area (Å²) < 4.78 is 16.3. The standard InChI is InChI=1S/C27H40N2O6/c1-6-8-9-10-11-12-19-20(15-13-17(3)14-16-21(30)34-7-2)24(33-5)18(4)22-23(19)26(31)35-25(22)29-27(28)32/h13,25H,6-12,14-16H2,1-5H3,(H3,28,29,32). The van der Waals surface area contributed by atoms with Gasteiger partial charge in [-0.3, -0.25) is 10.1 Å². The van der Waals surface area contributed by atoms with Crippen LogP contribution in [-0.2, 0) is 27.1 Å². The predicted octanol–water partition coefficient (Wildman–Crippen LogP) is 5.19. The summed E-state index contributed by atoms with van der Waals surface area (Å²) in [6.45, 7) is 8.19. The number of benzene rings is 1. The Morgan fingerprint density at radius 2 is 1.83 bits per heavy atom. The Kier molecular flexibility index (Phi) is 11.1. The van der Waals surface area contributed by atoms with Gasteiger partial charge in [0.2, 0.25) is 6.23 Å². The van der Waals surface area contributed by atoms with Gasteiger partial charge in [-0.15, -0.1) is 0 Å². The number of hydrogen-bond acceptors (Lipinski definition) is 6. The number of ether oxygens (including phenoxy) is 3. The Balaban J connectivity index is 2.45. The minimum Gasteiger partial charge on any atom is -0.496 e. The second kappa shape index (κ2) is 13.8. The van der Waals surface area contributed by atoms with Crippen molar-refractivity contribution in [3.05, 3.63) is 39.5 Å². The molecule has 0 aromatic heterocycles. The molecule has 8 heteroatoms. The van der Waals surface area contributed by atoms with E-state index in [9.17, 15) is 14.4 Å². The summed E-state index contributed by atoms with van der Waals surface area (Å²) in [6.07, 6.45) is 8.78. The van der Waals surface area contributed by atoms with Crippen LogP contribution in [0, 0.1) is 6.92 Å². The van der Waals surface area contributed by atoms with Gasteiger partial charge in [0.05, 0.1) is 19.3 Å². The van der Waals surface area contributed by atoms with Gasteiger partial charge >= 0.3 is 18.0 Å². The van der Waals surface area contributed by atoms with Gasteiger partial charge in [0.25, 0.3) is 0 Å². The lowest BCUT2D eigenvalue weighted by molar-refractivity contribution is -0.143. The molecule has 1 heterocycles. The molecule has 0 aliphatic carbocycles. The van der Waals surface area contributed by atoms with Crippen molar-refractivity contribution in [1.29, 1.82) is 0 Å². The predicted molar refractivity (Wildman–Crippen MR) is 134 cm³/mol. The van der Waals surface area contributed by atoms with E-state index in [1.165, 1.54) is 6.42 Å². The summed E-state index contributed by atoms with van der Waals surface area (Å²) in [4.78, 5) is 36.2. The fraction of sp³-hybridized carbons (Fsp3) is 0.593. The van der Waals surface area contributed by atoms with Crippen LogP contribution in [0.2, 0.25) is 0 Å². The first-order valence-electron chi connectivity index (χ1n) is 12.5. The SMILES string of the molecule is CCCCCCCc1c(CC=C(C)CCC(=O)OCC)c(OC)c(C)c2c1C(=O)OC2NC(N)=O. The zero-order chi connectivity index (χ0) is 26.0. The zero-order valence-electron chi connectivity index (χ0n) is 21.8. The number of amides is 2. The topological polar surface area (TPSA) is 117 Å². The van der Waals surface area contributed by atoms with Crippen molar-refractivity contribution < 1.29 is 28.6 Å². The molecule has 0 saturated heterocycles. The molecule has 2 rings (SSSR count). The Bertz CT molecular complexity index is 954. The van der Waals surface area contributed by atoms with Crippen LogP contribution in [0.4, 0.5) is 4.79 Å². The maximum Gasteiger partial charge on any atom is 0.341 e. The number of rotatable bonds is 14. The maximum atomic E-state index is 13.0. The summed E-state index contributed by atoms with van der Waals surface area (Å²) in [5, 5.41) is 2.52. The number of unbranched alkanes of at least 4 members (excludes halogenated alkanes) is 4. The van der Waals surface area contributed by atoms with Gasteiger partial charge in [0, 0.05) is 23.1 Å². The summed E-state index contributed by atoms with van der Waals surface area (Å²) >= 11 is 0. The molecule has 0 spiro atoms. The highest BCUT2D eigenvalue weighted by molar-refractivity contribution is 5.97. The number of fused-ring (bicyclic) bond motifs is 1. The fourth-order valence-corrected chi connectivity index (χ4v) is 4.59. The molecule has 0 saturated carbocycles. The normalized spacial score (nSPS) is 14.9. The number of urea groups is 1. The summed E-state index contributed by atoms with van der Waals surface area (Å²) in [6, 6.07) is -0.764. The van der Waals surface area contributed by atoms with E-state index >= 15 is 0 Å². The Morgan fingerprint density at radius 3 is 2.46 bits per heavy atom. The third-order valence-corrected chi connectivity index (χ3v) is 6.34. The van der Waals surface area contributed by atoms with Crippen molar-refractivity contribution in [1.82, 2.24) is 5.32 Å². The highest BCUT2D eigenvalue weighted by Gasteiger charge is 2.38. The average Bonchev–Trinajstić information content (AvgIpc) is 3.12. The zero-order valence-corrected chi connectivity index (χ0v) is 21.8. The minimum atomic E-state index is -0.932. The summed E-state index contributed by atoms with van der Waals surface area (Å²) in [7, 11) is 1.61. The smallest absolute Gasteiger partial charge is 0.341 e. The average molecular weight is 489 g/mol. The van der Waals surface area contributed by atoms with E-state index < -0.39 is 18.2 Å². The molecule has 3 N–H and O–H groups in total. The quantitative estimate of drug-likeness (QED) is 0.212. The van der Waals surface area contributed by atoms with Crippen molar-refractivity contribution in [2.75, 3.05) is 13.7 Å². The lowest BCUT2D eigenvalue weighted by Gasteiger charge is -2.21. The molecule has 0 fully saturated rings. The summed E-state index contributed by atoms with van der Waals surface area (Å²) in [5.41, 5.74) is 10.1. The molecule has 1 unspecified atom stereocenters. The molecule has 1 aromatic carbocycles. The van der Waals surface area contributed by atoms with Crippen LogP contribution in [0.1, 0.15) is 105 Å². The Hall–Kier alpha value is -3.03. The third-order valence-electron chi connectivity index (χ3n) is 6.34. The van der Waals surface area contributed by atoms with Gasteiger partial charge in [-0.2, -0.15) is 0 Å². The van der Waals surface area contributed by atoms with Crippen molar-refractivity contribution >= 4 is 18.0 Å². The van der Waals surface area contributed by atoms with Crippen molar-refractivity contribution in [2.45, 2.75) is 91.7 Å². The molecule has 0 radical (unpaired) electrons. The molecule has 8 nitrogen and oxygen atoms in total. The number of primary amides is 1. The van der Waals surface area contributed by atoms with Gasteiger partial charge in [-0.05, 0) is 52.0 Å². The van der Waals surface area contributed by atoms with Gasteiger partial charge in [-0.1, -0.05) is 44.3 Å². The second-order valence-corrected chi connectivity index (χ2v) is 8.92. The fourth-order valence-electron chi connectivity index (χ4n) is 4.59.